The summed E-state index contributed by atoms with van der Waals surface area (Å²) in [5.41, 5.74) is 5.97. The van der Waals surface area contributed by atoms with Crippen molar-refractivity contribution in [3.05, 3.63) is 17.7 Å². The third-order valence-electron chi connectivity index (χ3n) is 3.34. The lowest BCUT2D eigenvalue weighted by Crippen LogP contribution is -2.39. The minimum absolute atomic E-state index is 0.131. The molecule has 3 N–H and O–H groups in total. The van der Waals surface area contributed by atoms with Crippen LogP contribution >= 0.6 is 0 Å². The largest absolute Gasteiger partial charge is 0.493 e. The molecular formula is C14H23N3O5S. The van der Waals surface area contributed by atoms with Crippen LogP contribution in [0.5, 0.6) is 11.5 Å². The van der Waals surface area contributed by atoms with Gasteiger partial charge in [0.15, 0.2) is 11.5 Å². The van der Waals surface area contributed by atoms with Gasteiger partial charge in [0.25, 0.3) is 5.91 Å². The van der Waals surface area contributed by atoms with Crippen molar-refractivity contribution in [2.24, 2.45) is 5.73 Å². The number of amides is 1. The van der Waals surface area contributed by atoms with Gasteiger partial charge in [-0.3, -0.25) is 9.52 Å². The van der Waals surface area contributed by atoms with Crippen LogP contribution in [0.1, 0.15) is 17.3 Å². The van der Waals surface area contributed by atoms with Crippen molar-refractivity contribution in [2.75, 3.05) is 38.8 Å². The average Bonchev–Trinajstić information content (AvgIpc) is 2.50. The predicted molar refractivity (Wildman–Crippen MR) is 88.6 cm³/mol. The first-order valence-corrected chi connectivity index (χ1v) is 8.74. The van der Waals surface area contributed by atoms with Crippen molar-refractivity contribution in [1.29, 1.82) is 0 Å². The van der Waals surface area contributed by atoms with E-state index in [0.29, 0.717) is 6.54 Å². The van der Waals surface area contributed by atoms with Crippen LogP contribution in [0.2, 0.25) is 0 Å². The molecular weight excluding hydrogens is 322 g/mol. The second-order valence-corrected chi connectivity index (χ2v) is 6.88. The summed E-state index contributed by atoms with van der Waals surface area (Å²) in [5, 5.41) is 0. The van der Waals surface area contributed by atoms with E-state index in [1.54, 1.807) is 7.05 Å². The summed E-state index contributed by atoms with van der Waals surface area (Å²) in [6, 6.07) is 2.74. The normalized spacial score (nSPS) is 12.4. The Morgan fingerprint density at radius 3 is 2.39 bits per heavy atom. The average molecular weight is 345 g/mol. The second-order valence-electron chi connectivity index (χ2n) is 5.13. The molecule has 0 saturated carbocycles. The SMILES string of the molecule is COc1cc(C(=O)N(C)C(C)CN)cc(NS(C)(=O)=O)c1OC. The number of ether oxygens (including phenoxy) is 2. The van der Waals surface area contributed by atoms with E-state index >= 15 is 0 Å². The van der Waals surface area contributed by atoms with Gasteiger partial charge < -0.3 is 20.1 Å². The molecule has 0 aliphatic rings. The summed E-state index contributed by atoms with van der Waals surface area (Å²) >= 11 is 0. The Bertz CT molecular complexity index is 675. The number of sulfonamides is 1. The fraction of sp³-hybridized carbons (Fsp3) is 0.500. The minimum atomic E-state index is -3.55. The quantitative estimate of drug-likeness (QED) is 0.744. The van der Waals surface area contributed by atoms with Gasteiger partial charge in [0.05, 0.1) is 26.2 Å². The van der Waals surface area contributed by atoms with Crippen LogP contribution in [-0.4, -0.2) is 59.3 Å². The molecule has 0 spiro atoms. The van der Waals surface area contributed by atoms with Crippen LogP contribution in [-0.2, 0) is 10.0 Å². The number of hydrogen-bond acceptors (Lipinski definition) is 6. The molecule has 0 fully saturated rings. The van der Waals surface area contributed by atoms with Crippen molar-refractivity contribution in [2.45, 2.75) is 13.0 Å². The molecule has 23 heavy (non-hydrogen) atoms. The van der Waals surface area contributed by atoms with Gasteiger partial charge in [0.2, 0.25) is 10.0 Å². The van der Waals surface area contributed by atoms with E-state index in [1.807, 2.05) is 6.92 Å². The summed E-state index contributed by atoms with van der Waals surface area (Å²) in [4.78, 5) is 14.0. The Kier molecular flexibility index (Phi) is 6.22. The maximum atomic E-state index is 12.5. The van der Waals surface area contributed by atoms with Gasteiger partial charge in [-0.1, -0.05) is 0 Å². The molecule has 1 rings (SSSR count). The minimum Gasteiger partial charge on any atom is -0.493 e. The number of benzene rings is 1. The van der Waals surface area contributed by atoms with Crippen LogP contribution in [0.4, 0.5) is 5.69 Å². The number of nitrogens with two attached hydrogens (primary N) is 1. The number of carbonyl (C=O) groups excluding carboxylic acids is 1. The molecule has 0 aliphatic carbocycles. The number of hydrogen-bond donors (Lipinski definition) is 2. The third kappa shape index (κ3) is 4.73. The zero-order valence-corrected chi connectivity index (χ0v) is 14.7. The standard InChI is InChI=1S/C14H23N3O5S/c1-9(8-15)17(2)14(18)10-6-11(16-23(5,19)20)13(22-4)12(7-10)21-3/h6-7,9,16H,8,15H2,1-5H3. The molecule has 0 aliphatic heterocycles. The highest BCUT2D eigenvalue weighted by Gasteiger charge is 2.22. The number of nitrogens with zero attached hydrogens (tertiary/aromatic N) is 1. The molecule has 0 radical (unpaired) electrons. The maximum Gasteiger partial charge on any atom is 0.254 e. The van der Waals surface area contributed by atoms with Gasteiger partial charge in [-0.05, 0) is 19.1 Å². The van der Waals surface area contributed by atoms with Crippen LogP contribution in [0, 0.1) is 0 Å². The molecule has 8 nitrogen and oxygen atoms in total. The van der Waals surface area contributed by atoms with Crippen LogP contribution in [0.15, 0.2) is 12.1 Å². The maximum absolute atomic E-state index is 12.5. The third-order valence-corrected chi connectivity index (χ3v) is 3.93. The van der Waals surface area contributed by atoms with E-state index in [1.165, 1.54) is 31.3 Å². The van der Waals surface area contributed by atoms with Gasteiger partial charge in [-0.2, -0.15) is 0 Å². The molecule has 1 unspecified atom stereocenters. The van der Waals surface area contributed by atoms with Gasteiger partial charge in [-0.15, -0.1) is 0 Å². The molecule has 1 aromatic rings. The summed E-state index contributed by atoms with van der Waals surface area (Å²) in [7, 11) is 0.866. The summed E-state index contributed by atoms with van der Waals surface area (Å²) in [5.74, 6) is 0.141. The summed E-state index contributed by atoms with van der Waals surface area (Å²) < 4.78 is 35.7. The van der Waals surface area contributed by atoms with Gasteiger partial charge in [0, 0.05) is 25.2 Å². The molecule has 0 bridgehead atoms. The first kappa shape index (κ1) is 19.0. The smallest absolute Gasteiger partial charge is 0.254 e. The summed E-state index contributed by atoms with van der Waals surface area (Å²) in [6.45, 7) is 2.12. The van der Waals surface area contributed by atoms with Crippen molar-refractivity contribution in [3.8, 4) is 11.5 Å². The molecule has 0 heterocycles. The molecule has 0 aromatic heterocycles. The lowest BCUT2D eigenvalue weighted by molar-refractivity contribution is 0.0748. The molecule has 0 saturated heterocycles. The van der Waals surface area contributed by atoms with Crippen molar-refractivity contribution >= 4 is 21.6 Å². The van der Waals surface area contributed by atoms with Crippen molar-refractivity contribution in [3.63, 3.8) is 0 Å². The van der Waals surface area contributed by atoms with Crippen molar-refractivity contribution < 1.29 is 22.7 Å². The van der Waals surface area contributed by atoms with E-state index in [0.717, 1.165) is 6.26 Å². The van der Waals surface area contributed by atoms with E-state index in [4.69, 9.17) is 15.2 Å². The highest BCUT2D eigenvalue weighted by atomic mass is 32.2. The van der Waals surface area contributed by atoms with Gasteiger partial charge in [-0.25, -0.2) is 8.42 Å². The molecule has 1 aromatic carbocycles. The Morgan fingerprint density at radius 1 is 1.35 bits per heavy atom. The molecule has 130 valence electrons. The van der Waals surface area contributed by atoms with E-state index in [-0.39, 0.29) is 34.7 Å². The van der Waals surface area contributed by atoms with Crippen LogP contribution < -0.4 is 19.9 Å². The first-order valence-electron chi connectivity index (χ1n) is 6.85. The zero-order chi connectivity index (χ0) is 17.8. The summed E-state index contributed by atoms with van der Waals surface area (Å²) in [6.07, 6.45) is 1.01. The first-order chi connectivity index (χ1) is 10.6. The molecule has 1 amide bonds. The monoisotopic (exact) mass is 345 g/mol. The number of likely N-dealkylation sites (N-methyl/N-ethyl adjacent to an activating group) is 1. The van der Waals surface area contributed by atoms with E-state index < -0.39 is 10.0 Å². The number of anilines is 1. The number of rotatable bonds is 7. The zero-order valence-electron chi connectivity index (χ0n) is 13.9. The predicted octanol–water partition coefficient (Wildman–Crippen LogP) is 0.495. The number of nitrogens with one attached hydrogen (secondary N) is 1. The topological polar surface area (TPSA) is 111 Å². The van der Waals surface area contributed by atoms with Crippen LogP contribution in [0.3, 0.4) is 0 Å². The molecule has 1 atom stereocenters. The highest BCUT2D eigenvalue weighted by Crippen LogP contribution is 2.37. The Labute approximate surface area is 136 Å². The second kappa shape index (κ2) is 7.51. The fourth-order valence-corrected chi connectivity index (χ4v) is 2.48. The highest BCUT2D eigenvalue weighted by molar-refractivity contribution is 7.92. The van der Waals surface area contributed by atoms with E-state index in [2.05, 4.69) is 4.72 Å². The lowest BCUT2D eigenvalue weighted by atomic mass is 10.1. The Balaban J connectivity index is 3.40. The van der Waals surface area contributed by atoms with Crippen molar-refractivity contribution in [1.82, 2.24) is 4.90 Å². The lowest BCUT2D eigenvalue weighted by Gasteiger charge is -2.24. The van der Waals surface area contributed by atoms with E-state index in [9.17, 15) is 13.2 Å². The Hall–Kier alpha value is -2.00. The number of methoxy groups -OCH3 is 2. The van der Waals surface area contributed by atoms with Gasteiger partial charge in [0.1, 0.15) is 0 Å². The number of carbonyl (C=O) groups is 1. The van der Waals surface area contributed by atoms with Gasteiger partial charge >= 0.3 is 0 Å². The van der Waals surface area contributed by atoms with Crippen LogP contribution in [0.25, 0.3) is 0 Å². The Morgan fingerprint density at radius 2 is 1.96 bits per heavy atom. The fourth-order valence-electron chi connectivity index (χ4n) is 1.93. The molecule has 9 heteroatoms.